The second-order valence-electron chi connectivity index (χ2n) is 6.59. The normalized spacial score (nSPS) is 20.0. The summed E-state index contributed by atoms with van der Waals surface area (Å²) in [6, 6.07) is 3.43. The zero-order valence-electron chi connectivity index (χ0n) is 15.4. The number of ether oxygens (including phenoxy) is 3. The van der Waals surface area contributed by atoms with Crippen molar-refractivity contribution < 1.29 is 32.2 Å². The molecule has 1 atom stereocenters. The van der Waals surface area contributed by atoms with E-state index in [1.54, 1.807) is 18.2 Å². The first-order chi connectivity index (χ1) is 13.4. The Labute approximate surface area is 162 Å². The van der Waals surface area contributed by atoms with E-state index in [2.05, 4.69) is 10.9 Å². The fourth-order valence-electron chi connectivity index (χ4n) is 3.08. The van der Waals surface area contributed by atoms with E-state index in [4.69, 9.17) is 14.2 Å². The van der Waals surface area contributed by atoms with Gasteiger partial charge in [-0.1, -0.05) is 0 Å². The fourth-order valence-corrected chi connectivity index (χ4v) is 4.94. The van der Waals surface area contributed by atoms with Crippen LogP contribution in [0.1, 0.15) is 18.4 Å². The monoisotopic (exact) mass is 410 g/mol. The number of benzene rings is 1. The Morgan fingerprint density at radius 3 is 2.75 bits per heavy atom. The number of methoxy groups -OCH3 is 1. The van der Waals surface area contributed by atoms with Gasteiger partial charge in [0.05, 0.1) is 18.6 Å². The van der Waals surface area contributed by atoms with Crippen LogP contribution in [0, 0.1) is 5.92 Å². The van der Waals surface area contributed by atoms with Crippen LogP contribution < -0.4 is 25.1 Å². The van der Waals surface area contributed by atoms with Crippen LogP contribution >= 0.6 is 0 Å². The van der Waals surface area contributed by atoms with E-state index in [1.165, 1.54) is 13.2 Å². The van der Waals surface area contributed by atoms with Crippen LogP contribution in [0.5, 0.6) is 17.2 Å². The van der Waals surface area contributed by atoms with Gasteiger partial charge in [0.25, 0.3) is 5.91 Å². The van der Waals surface area contributed by atoms with Crippen molar-refractivity contribution in [1.82, 2.24) is 10.9 Å². The molecule has 0 saturated carbocycles. The first kappa shape index (κ1) is 20.0. The smallest absolute Gasteiger partial charge is 0.262 e. The topological polar surface area (TPSA) is 120 Å². The molecule has 2 amide bonds. The number of hydrazine groups is 1. The molecule has 1 aromatic carbocycles. The zero-order chi connectivity index (χ0) is 20.1. The molecule has 0 aromatic heterocycles. The van der Waals surface area contributed by atoms with Crippen molar-refractivity contribution in [3.05, 3.63) is 23.8 Å². The molecular weight excluding hydrogens is 388 g/mol. The fraction of sp³-hybridized carbons (Fsp3) is 0.444. The lowest BCUT2D eigenvalue weighted by Gasteiger charge is -2.20. The first-order valence-electron chi connectivity index (χ1n) is 8.81. The number of amides is 2. The van der Waals surface area contributed by atoms with Crippen molar-refractivity contribution in [2.24, 2.45) is 5.92 Å². The highest BCUT2D eigenvalue weighted by Gasteiger charge is 2.29. The van der Waals surface area contributed by atoms with Gasteiger partial charge in [-0.25, -0.2) is 8.42 Å². The van der Waals surface area contributed by atoms with Crippen molar-refractivity contribution >= 4 is 27.7 Å². The van der Waals surface area contributed by atoms with Crippen molar-refractivity contribution in [1.29, 1.82) is 0 Å². The van der Waals surface area contributed by atoms with Crippen LogP contribution in [0.25, 0.3) is 6.08 Å². The minimum absolute atomic E-state index is 0.0141. The molecule has 152 valence electrons. The second-order valence-corrected chi connectivity index (χ2v) is 8.82. The quantitative estimate of drug-likeness (QED) is 0.534. The molecule has 0 spiro atoms. The summed E-state index contributed by atoms with van der Waals surface area (Å²) >= 11 is 0. The maximum atomic E-state index is 11.9. The molecule has 1 fully saturated rings. The predicted octanol–water partition coefficient (Wildman–Crippen LogP) is 0.452. The summed E-state index contributed by atoms with van der Waals surface area (Å²) in [4.78, 5) is 23.7. The average molecular weight is 410 g/mol. The van der Waals surface area contributed by atoms with Crippen LogP contribution in [-0.4, -0.2) is 52.1 Å². The van der Waals surface area contributed by atoms with Gasteiger partial charge in [0.1, 0.15) is 13.2 Å². The third-order valence-electron chi connectivity index (χ3n) is 4.40. The third kappa shape index (κ3) is 5.16. The summed E-state index contributed by atoms with van der Waals surface area (Å²) in [7, 11) is -1.52. The van der Waals surface area contributed by atoms with Gasteiger partial charge >= 0.3 is 0 Å². The number of hydrogen-bond donors (Lipinski definition) is 2. The number of hydrogen-bond acceptors (Lipinski definition) is 7. The minimum Gasteiger partial charge on any atom is -0.493 e. The van der Waals surface area contributed by atoms with E-state index in [0.29, 0.717) is 42.4 Å². The summed E-state index contributed by atoms with van der Waals surface area (Å²) in [5.41, 5.74) is 5.23. The standard InChI is InChI=1S/C18H22N2O7S/c1-25-14-8-12(9-15-18(14)27-6-5-26-15)2-3-16(21)19-20-17(22)10-13-4-7-28(23,24)11-13/h2-3,8-9,13H,4-7,10-11H2,1H3,(H,19,21)(H,20,22)/b3-2+/t13-/m0/s1. The summed E-state index contributed by atoms with van der Waals surface area (Å²) in [6.07, 6.45) is 3.33. The molecule has 2 aliphatic heterocycles. The molecule has 10 heteroatoms. The van der Waals surface area contributed by atoms with Gasteiger partial charge < -0.3 is 14.2 Å². The van der Waals surface area contributed by atoms with Gasteiger partial charge in [-0.2, -0.15) is 0 Å². The molecule has 0 aliphatic carbocycles. The Balaban J connectivity index is 1.52. The summed E-state index contributed by atoms with van der Waals surface area (Å²) < 4.78 is 39.1. The number of fused-ring (bicyclic) bond motifs is 1. The molecule has 2 N–H and O–H groups in total. The Hall–Kier alpha value is -2.75. The van der Waals surface area contributed by atoms with Crippen LogP contribution in [0.2, 0.25) is 0 Å². The molecule has 0 unspecified atom stereocenters. The molecular formula is C18H22N2O7S. The van der Waals surface area contributed by atoms with Gasteiger partial charge in [0, 0.05) is 12.5 Å². The summed E-state index contributed by atoms with van der Waals surface area (Å²) in [5.74, 6) is 0.520. The summed E-state index contributed by atoms with van der Waals surface area (Å²) in [6.45, 7) is 0.867. The summed E-state index contributed by atoms with van der Waals surface area (Å²) in [5, 5.41) is 0. The van der Waals surface area contributed by atoms with Gasteiger partial charge in [-0.3, -0.25) is 20.4 Å². The molecule has 1 aromatic rings. The molecule has 0 bridgehead atoms. The molecule has 3 rings (SSSR count). The van der Waals surface area contributed by atoms with Crippen LogP contribution in [0.15, 0.2) is 18.2 Å². The molecule has 2 aliphatic rings. The number of carbonyl (C=O) groups excluding carboxylic acids is 2. The van der Waals surface area contributed by atoms with Crippen molar-refractivity contribution in [2.75, 3.05) is 31.8 Å². The first-order valence-corrected chi connectivity index (χ1v) is 10.6. The van der Waals surface area contributed by atoms with E-state index >= 15 is 0 Å². The third-order valence-corrected chi connectivity index (χ3v) is 6.24. The molecule has 2 heterocycles. The maximum Gasteiger partial charge on any atom is 0.262 e. The van der Waals surface area contributed by atoms with Gasteiger partial charge in [-0.15, -0.1) is 0 Å². The van der Waals surface area contributed by atoms with Gasteiger partial charge in [-0.05, 0) is 36.1 Å². The van der Waals surface area contributed by atoms with E-state index < -0.39 is 21.7 Å². The Morgan fingerprint density at radius 1 is 1.25 bits per heavy atom. The van der Waals surface area contributed by atoms with Crippen molar-refractivity contribution in [2.45, 2.75) is 12.8 Å². The lowest BCUT2D eigenvalue weighted by Crippen LogP contribution is -2.41. The van der Waals surface area contributed by atoms with Crippen LogP contribution in [-0.2, 0) is 19.4 Å². The largest absolute Gasteiger partial charge is 0.493 e. The highest BCUT2D eigenvalue weighted by atomic mass is 32.2. The van der Waals surface area contributed by atoms with Gasteiger partial charge in [0.15, 0.2) is 21.3 Å². The lowest BCUT2D eigenvalue weighted by molar-refractivity contribution is -0.127. The van der Waals surface area contributed by atoms with Crippen LogP contribution in [0.4, 0.5) is 0 Å². The highest BCUT2D eigenvalue weighted by molar-refractivity contribution is 7.91. The Bertz CT molecular complexity index is 878. The minimum atomic E-state index is -3.03. The van der Waals surface area contributed by atoms with Crippen molar-refractivity contribution in [3.8, 4) is 17.2 Å². The highest BCUT2D eigenvalue weighted by Crippen LogP contribution is 2.40. The predicted molar refractivity (Wildman–Crippen MR) is 101 cm³/mol. The number of carbonyl (C=O) groups is 2. The lowest BCUT2D eigenvalue weighted by atomic mass is 10.1. The SMILES string of the molecule is COc1cc(/C=C/C(=O)NNC(=O)C[C@@H]2CCS(=O)(=O)C2)cc2c1OCCO2. The van der Waals surface area contributed by atoms with E-state index in [9.17, 15) is 18.0 Å². The number of nitrogens with one attached hydrogen (secondary N) is 2. The van der Waals surface area contributed by atoms with Crippen LogP contribution in [0.3, 0.4) is 0 Å². The van der Waals surface area contributed by atoms with Gasteiger partial charge in [0.2, 0.25) is 11.7 Å². The molecule has 0 radical (unpaired) electrons. The Morgan fingerprint density at radius 2 is 2.04 bits per heavy atom. The van der Waals surface area contributed by atoms with Crippen molar-refractivity contribution in [3.63, 3.8) is 0 Å². The number of sulfone groups is 1. The number of rotatable bonds is 5. The zero-order valence-corrected chi connectivity index (χ0v) is 16.2. The molecule has 1 saturated heterocycles. The Kier molecular flexibility index (Phi) is 6.08. The molecule has 9 nitrogen and oxygen atoms in total. The maximum absolute atomic E-state index is 11.9. The average Bonchev–Trinajstić information content (AvgIpc) is 3.02. The second kappa shape index (κ2) is 8.51. The van der Waals surface area contributed by atoms with E-state index in [0.717, 1.165) is 0 Å². The van der Waals surface area contributed by atoms with E-state index in [-0.39, 0.29) is 23.8 Å². The van der Waals surface area contributed by atoms with E-state index in [1.807, 2.05) is 0 Å². The molecule has 28 heavy (non-hydrogen) atoms.